The summed E-state index contributed by atoms with van der Waals surface area (Å²) in [4.78, 5) is 29.8. The van der Waals surface area contributed by atoms with E-state index in [1.165, 1.54) is 18.1 Å². The van der Waals surface area contributed by atoms with Gasteiger partial charge in [0.1, 0.15) is 6.17 Å². The molecule has 0 saturated heterocycles. The number of rotatable bonds is 3. The lowest BCUT2D eigenvalue weighted by atomic mass is 9.94. The molecule has 2 aromatic rings. The molecule has 28 heavy (non-hydrogen) atoms. The molecule has 3 heterocycles. The molecule has 2 aliphatic rings. The van der Waals surface area contributed by atoms with Gasteiger partial charge >= 0.3 is 0 Å². The summed E-state index contributed by atoms with van der Waals surface area (Å²) in [6.45, 7) is 0. The number of carbonyl (C=O) groups excluding carboxylic acids is 1. The molecule has 142 valence electrons. The molecule has 0 fully saturated rings. The number of hydrogen-bond acceptors (Lipinski definition) is 5. The zero-order chi connectivity index (χ0) is 19.8. The van der Waals surface area contributed by atoms with Crippen molar-refractivity contribution in [3.05, 3.63) is 86.7 Å². The van der Waals surface area contributed by atoms with Gasteiger partial charge in [0.15, 0.2) is 11.4 Å². The van der Waals surface area contributed by atoms with Crippen LogP contribution in [0.15, 0.2) is 64.7 Å². The molecule has 2 aliphatic heterocycles. The average molecular weight is 378 g/mol. The Balaban J connectivity index is 2.00. The van der Waals surface area contributed by atoms with Gasteiger partial charge in [-0.15, -0.1) is 0 Å². The minimum atomic E-state index is -0.497. The summed E-state index contributed by atoms with van der Waals surface area (Å²) in [5.74, 6) is -0.339. The number of hydrogen-bond donors (Lipinski definition) is 0. The molecule has 1 amide bonds. The SMILES string of the molecule is COc1c2n(ccc1=O)N1[C@H](c3ccccc3)[C@@H](N=[N+]=[N-])C=C[C@H]1N(C)C2=O. The number of pyridine rings is 1. The summed E-state index contributed by atoms with van der Waals surface area (Å²) in [5, 5.41) is 5.88. The largest absolute Gasteiger partial charge is 0.491 e. The topological polar surface area (TPSA) is 104 Å². The van der Waals surface area contributed by atoms with Gasteiger partial charge in [0.2, 0.25) is 5.43 Å². The third kappa shape index (κ3) is 2.52. The Bertz CT molecular complexity index is 1060. The number of benzene rings is 1. The summed E-state index contributed by atoms with van der Waals surface area (Å²) in [6, 6.07) is 10.1. The minimum absolute atomic E-state index is 0.0144. The highest BCUT2D eigenvalue weighted by molar-refractivity contribution is 5.96. The molecule has 0 unspecified atom stereocenters. The van der Waals surface area contributed by atoms with Crippen LogP contribution in [0.4, 0.5) is 0 Å². The Kier molecular flexibility index (Phi) is 4.29. The van der Waals surface area contributed by atoms with Crippen molar-refractivity contribution < 1.29 is 9.53 Å². The molecule has 9 nitrogen and oxygen atoms in total. The maximum Gasteiger partial charge on any atom is 0.278 e. The number of aromatic nitrogens is 1. The second-order valence-corrected chi connectivity index (χ2v) is 6.55. The van der Waals surface area contributed by atoms with Gasteiger partial charge in [0, 0.05) is 24.2 Å². The maximum absolute atomic E-state index is 13.0. The predicted molar refractivity (Wildman–Crippen MR) is 103 cm³/mol. The van der Waals surface area contributed by atoms with Gasteiger partial charge in [-0.3, -0.25) is 19.3 Å². The molecule has 1 aromatic carbocycles. The van der Waals surface area contributed by atoms with E-state index in [0.717, 1.165) is 5.56 Å². The Morgan fingerprint density at radius 1 is 1.14 bits per heavy atom. The van der Waals surface area contributed by atoms with E-state index in [1.54, 1.807) is 17.9 Å². The first kappa shape index (κ1) is 17.7. The van der Waals surface area contributed by atoms with Gasteiger partial charge in [-0.25, -0.2) is 0 Å². The van der Waals surface area contributed by atoms with Gasteiger partial charge in [0.25, 0.3) is 5.91 Å². The van der Waals surface area contributed by atoms with Gasteiger partial charge in [-0.1, -0.05) is 41.5 Å². The van der Waals surface area contributed by atoms with Crippen LogP contribution in [0.5, 0.6) is 5.75 Å². The summed E-state index contributed by atoms with van der Waals surface area (Å²) in [6.07, 6.45) is 4.78. The molecule has 0 saturated carbocycles. The fraction of sp³-hybridized carbons (Fsp3) is 0.263. The second kappa shape index (κ2) is 6.79. The van der Waals surface area contributed by atoms with Crippen LogP contribution in [-0.4, -0.2) is 41.8 Å². The minimum Gasteiger partial charge on any atom is -0.491 e. The Hall–Kier alpha value is -3.71. The van der Waals surface area contributed by atoms with Crippen LogP contribution in [0.1, 0.15) is 22.1 Å². The van der Waals surface area contributed by atoms with Crippen LogP contribution in [0.2, 0.25) is 0 Å². The first-order chi connectivity index (χ1) is 13.6. The molecule has 4 rings (SSSR count). The molecule has 0 radical (unpaired) electrons. The smallest absolute Gasteiger partial charge is 0.278 e. The van der Waals surface area contributed by atoms with Crippen molar-refractivity contribution in [3.63, 3.8) is 0 Å². The fourth-order valence-electron chi connectivity index (χ4n) is 3.84. The van der Waals surface area contributed by atoms with Gasteiger partial charge in [-0.2, -0.15) is 0 Å². The van der Waals surface area contributed by atoms with Crippen LogP contribution in [-0.2, 0) is 0 Å². The lowest BCUT2D eigenvalue weighted by Gasteiger charge is -2.50. The number of ether oxygens (including phenoxy) is 1. The lowest BCUT2D eigenvalue weighted by molar-refractivity contribution is 0.0650. The molecule has 0 spiro atoms. The van der Waals surface area contributed by atoms with E-state index in [0.29, 0.717) is 0 Å². The summed E-state index contributed by atoms with van der Waals surface area (Å²) >= 11 is 0. The van der Waals surface area contributed by atoms with Crippen molar-refractivity contribution in [2.75, 3.05) is 19.2 Å². The van der Waals surface area contributed by atoms with Gasteiger partial charge in [-0.05, 0) is 17.2 Å². The van der Waals surface area contributed by atoms with Crippen LogP contribution in [0, 0.1) is 0 Å². The molecular formula is C19H18N6O3. The van der Waals surface area contributed by atoms with Gasteiger partial charge < -0.3 is 9.64 Å². The first-order valence-corrected chi connectivity index (χ1v) is 8.71. The average Bonchev–Trinajstić information content (AvgIpc) is 2.72. The molecule has 0 aliphatic carbocycles. The summed E-state index contributed by atoms with van der Waals surface area (Å²) in [7, 11) is 3.03. The number of methoxy groups -OCH3 is 1. The van der Waals surface area contributed by atoms with Crippen LogP contribution in [0.25, 0.3) is 10.4 Å². The van der Waals surface area contributed by atoms with Crippen LogP contribution >= 0.6 is 0 Å². The Morgan fingerprint density at radius 2 is 1.89 bits per heavy atom. The van der Waals surface area contributed by atoms with Crippen LogP contribution in [0.3, 0.4) is 0 Å². The number of fused-ring (bicyclic) bond motifs is 3. The normalized spacial score (nSPS) is 22.9. The second-order valence-electron chi connectivity index (χ2n) is 6.55. The van der Waals surface area contributed by atoms with E-state index in [1.807, 2.05) is 47.5 Å². The predicted octanol–water partition coefficient (Wildman–Crippen LogP) is 2.20. The first-order valence-electron chi connectivity index (χ1n) is 8.71. The van der Waals surface area contributed by atoms with E-state index < -0.39 is 12.2 Å². The highest BCUT2D eigenvalue weighted by Crippen LogP contribution is 2.36. The quantitative estimate of drug-likeness (QED) is 0.353. The highest BCUT2D eigenvalue weighted by Gasteiger charge is 2.44. The van der Waals surface area contributed by atoms with Crippen molar-refractivity contribution in [1.82, 2.24) is 9.58 Å². The van der Waals surface area contributed by atoms with E-state index >= 15 is 0 Å². The third-order valence-electron chi connectivity index (χ3n) is 5.09. The fourth-order valence-corrected chi connectivity index (χ4v) is 3.84. The molecule has 3 atom stereocenters. The lowest BCUT2D eigenvalue weighted by Crippen LogP contribution is -2.63. The Labute approximate surface area is 160 Å². The van der Waals surface area contributed by atoms with Crippen LogP contribution < -0.4 is 15.2 Å². The van der Waals surface area contributed by atoms with Gasteiger partial charge in [0.05, 0.1) is 19.2 Å². The molecular weight excluding hydrogens is 360 g/mol. The summed E-state index contributed by atoms with van der Waals surface area (Å²) < 4.78 is 6.88. The number of amides is 1. The van der Waals surface area contributed by atoms with E-state index in [2.05, 4.69) is 10.0 Å². The standard InChI is InChI=1S/C19H18N6O3/c1-23-15-9-8-13(21-22-20)16(12-6-4-3-5-7-12)25(15)24-11-10-14(26)18(28-2)17(24)19(23)27/h3-11,13,15-16H,1-2H3/t13-,15-,16+/m0/s1. The molecule has 0 N–H and O–H groups in total. The van der Waals surface area contributed by atoms with E-state index in [-0.39, 0.29) is 28.8 Å². The number of likely N-dealkylation sites (N-methyl/N-ethyl adjacent to an activating group) is 1. The van der Waals surface area contributed by atoms with E-state index in [9.17, 15) is 9.59 Å². The highest BCUT2D eigenvalue weighted by atomic mass is 16.5. The monoisotopic (exact) mass is 378 g/mol. The zero-order valence-corrected chi connectivity index (χ0v) is 15.3. The molecule has 1 aromatic heterocycles. The number of nitrogens with zero attached hydrogens (tertiary/aromatic N) is 6. The number of carbonyl (C=O) groups is 1. The zero-order valence-electron chi connectivity index (χ0n) is 15.3. The maximum atomic E-state index is 13.0. The van der Waals surface area contributed by atoms with Crippen molar-refractivity contribution in [1.29, 1.82) is 0 Å². The van der Waals surface area contributed by atoms with Crippen molar-refractivity contribution >= 4 is 5.91 Å². The van der Waals surface area contributed by atoms with Crippen molar-refractivity contribution in [2.45, 2.75) is 18.2 Å². The Morgan fingerprint density at radius 3 is 2.57 bits per heavy atom. The van der Waals surface area contributed by atoms with E-state index in [4.69, 9.17) is 10.3 Å². The molecule has 9 heteroatoms. The number of azide groups is 1. The van der Waals surface area contributed by atoms with Crippen molar-refractivity contribution in [2.24, 2.45) is 5.11 Å². The molecule has 0 bridgehead atoms. The van der Waals surface area contributed by atoms with Crippen molar-refractivity contribution in [3.8, 4) is 5.75 Å². The third-order valence-corrected chi connectivity index (χ3v) is 5.09. The summed E-state index contributed by atoms with van der Waals surface area (Å²) in [5.41, 5.74) is 9.75.